The van der Waals surface area contributed by atoms with Gasteiger partial charge in [-0.2, -0.15) is 0 Å². The van der Waals surface area contributed by atoms with Crippen molar-refractivity contribution in [1.82, 2.24) is 9.97 Å². The third-order valence-corrected chi connectivity index (χ3v) is 0.992. The Balaban J connectivity index is 0. The van der Waals surface area contributed by atoms with E-state index in [4.69, 9.17) is 0 Å². The molecule has 12 heavy (non-hydrogen) atoms. The van der Waals surface area contributed by atoms with Gasteiger partial charge in [-0.25, -0.2) is 0 Å². The molecule has 0 bridgehead atoms. The Morgan fingerprint density at radius 1 is 0.583 bits per heavy atom. The van der Waals surface area contributed by atoms with Gasteiger partial charge in [-0.3, -0.25) is 4.70 Å². The Morgan fingerprint density at radius 3 is 0.917 bits per heavy atom. The minimum atomic E-state index is 0. The van der Waals surface area contributed by atoms with Gasteiger partial charge in [0.2, 0.25) is 0 Å². The quantitative estimate of drug-likeness (QED) is 0.550. The van der Waals surface area contributed by atoms with Crippen LogP contribution in [0.2, 0.25) is 0 Å². The van der Waals surface area contributed by atoms with Crippen molar-refractivity contribution >= 4 is 8.41 Å². The molecule has 2 aromatic rings. The summed E-state index contributed by atoms with van der Waals surface area (Å²) >= 11 is 0. The van der Waals surface area contributed by atoms with Crippen LogP contribution in [0.5, 0.6) is 0 Å². The number of hydrogen-bond acceptors (Lipinski definition) is 0. The molecule has 0 atom stereocenters. The van der Waals surface area contributed by atoms with Crippen LogP contribution in [0.15, 0.2) is 49.1 Å². The van der Waals surface area contributed by atoms with Crippen molar-refractivity contribution in [1.29, 1.82) is 0 Å². The number of H-pyrrole nitrogens is 2. The summed E-state index contributed by atoms with van der Waals surface area (Å²) in [5.41, 5.74) is 0. The van der Waals surface area contributed by atoms with Gasteiger partial charge in [0.1, 0.15) is 0 Å². The van der Waals surface area contributed by atoms with Crippen LogP contribution >= 0.6 is 0 Å². The Kier molecular flexibility index (Phi) is 10.5. The molecule has 4 heteroatoms. The zero-order valence-corrected chi connectivity index (χ0v) is 6.03. The van der Waals surface area contributed by atoms with Crippen molar-refractivity contribution in [2.45, 2.75) is 0 Å². The standard InChI is InChI=1S/2C4H5N.BH3.FH/c2*1-2-4-5-3-1;;/h2*1-5H;1H3;1H. The average Bonchev–Trinajstić information content (AvgIpc) is 2.67. The first-order valence-corrected chi connectivity index (χ1v) is 3.15. The largest absolute Gasteiger partial charge is 0.368 e. The lowest BCUT2D eigenvalue weighted by Crippen LogP contribution is -1.38. The molecular formula is C8H14BFN2. The molecular weight excluding hydrogens is 154 g/mol. The second-order valence-corrected chi connectivity index (χ2v) is 1.77. The molecule has 0 amide bonds. The number of nitrogens with one attached hydrogen (secondary N) is 2. The first-order chi connectivity index (χ1) is 5.00. The van der Waals surface area contributed by atoms with E-state index in [1.807, 2.05) is 49.1 Å². The van der Waals surface area contributed by atoms with E-state index in [-0.39, 0.29) is 13.1 Å². The molecule has 0 saturated heterocycles. The lowest BCUT2D eigenvalue weighted by atomic mass is 10.7. The van der Waals surface area contributed by atoms with Crippen LogP contribution in [0.4, 0.5) is 4.70 Å². The molecule has 0 aromatic carbocycles. The maximum Gasteiger partial charge on any atom is 0.0814 e. The van der Waals surface area contributed by atoms with Gasteiger partial charge in [0.15, 0.2) is 0 Å². The summed E-state index contributed by atoms with van der Waals surface area (Å²) < 4.78 is 0. The normalized spacial score (nSPS) is 6.67. The molecule has 2 aromatic heterocycles. The number of aromatic nitrogens is 2. The molecule has 2 nitrogen and oxygen atoms in total. The van der Waals surface area contributed by atoms with Crippen LogP contribution < -0.4 is 0 Å². The summed E-state index contributed by atoms with van der Waals surface area (Å²) in [7, 11) is 0. The molecule has 0 radical (unpaired) electrons. The van der Waals surface area contributed by atoms with E-state index in [0.717, 1.165) is 0 Å². The maximum absolute atomic E-state index is 2.86. The first kappa shape index (κ1) is 13.2. The fraction of sp³-hybridized carbons (Fsp3) is 0. The van der Waals surface area contributed by atoms with Crippen molar-refractivity contribution in [2.75, 3.05) is 0 Å². The summed E-state index contributed by atoms with van der Waals surface area (Å²) in [5.74, 6) is 0. The third-order valence-electron chi connectivity index (χ3n) is 0.992. The van der Waals surface area contributed by atoms with Gasteiger partial charge in [-0.05, 0) is 24.3 Å². The highest BCUT2D eigenvalue weighted by Gasteiger charge is 1.56. The highest BCUT2D eigenvalue weighted by Crippen LogP contribution is 1.72. The number of aromatic amines is 2. The fourth-order valence-electron chi connectivity index (χ4n) is 0.556. The lowest BCUT2D eigenvalue weighted by molar-refractivity contribution is 1.11. The average molecular weight is 168 g/mol. The van der Waals surface area contributed by atoms with Crippen molar-refractivity contribution < 1.29 is 4.70 Å². The molecule has 2 heterocycles. The number of hydrogen-bond donors (Lipinski definition) is 2. The van der Waals surface area contributed by atoms with Gasteiger partial charge in [0.25, 0.3) is 0 Å². The summed E-state index contributed by atoms with van der Waals surface area (Å²) in [6, 6.07) is 7.78. The predicted octanol–water partition coefficient (Wildman–Crippen LogP) is 0.998. The van der Waals surface area contributed by atoms with Crippen LogP contribution in [-0.4, -0.2) is 18.4 Å². The molecule has 0 fully saturated rings. The number of rotatable bonds is 0. The first-order valence-electron chi connectivity index (χ1n) is 3.15. The maximum atomic E-state index is 2.86. The minimum absolute atomic E-state index is 0. The van der Waals surface area contributed by atoms with Crippen molar-refractivity contribution in [3.05, 3.63) is 49.1 Å². The fourth-order valence-corrected chi connectivity index (χ4v) is 0.556. The highest BCUT2D eigenvalue weighted by molar-refractivity contribution is 5.75. The van der Waals surface area contributed by atoms with E-state index in [0.29, 0.717) is 0 Å². The molecule has 0 saturated carbocycles. The van der Waals surface area contributed by atoms with E-state index >= 15 is 0 Å². The Bertz CT molecular complexity index is 156. The Morgan fingerprint density at radius 2 is 0.833 bits per heavy atom. The van der Waals surface area contributed by atoms with Crippen molar-refractivity contribution in [3.63, 3.8) is 0 Å². The summed E-state index contributed by atoms with van der Waals surface area (Å²) in [6.07, 6.45) is 7.50. The van der Waals surface area contributed by atoms with E-state index in [1.165, 1.54) is 0 Å². The summed E-state index contributed by atoms with van der Waals surface area (Å²) in [4.78, 5) is 5.72. The van der Waals surface area contributed by atoms with Crippen molar-refractivity contribution in [2.24, 2.45) is 0 Å². The van der Waals surface area contributed by atoms with E-state index in [9.17, 15) is 0 Å². The zero-order chi connectivity index (χ0) is 7.07. The monoisotopic (exact) mass is 168 g/mol. The smallest absolute Gasteiger partial charge is 0.0814 e. The van der Waals surface area contributed by atoms with Gasteiger partial charge in [0, 0.05) is 24.8 Å². The topological polar surface area (TPSA) is 31.6 Å². The van der Waals surface area contributed by atoms with Crippen LogP contribution in [0, 0.1) is 0 Å². The van der Waals surface area contributed by atoms with Gasteiger partial charge in [-0.15, -0.1) is 0 Å². The molecule has 2 rings (SSSR count). The minimum Gasteiger partial charge on any atom is -0.368 e. The molecule has 2 N–H and O–H groups in total. The Labute approximate surface area is 73.0 Å². The molecule has 0 aliphatic heterocycles. The second kappa shape index (κ2) is 9.55. The summed E-state index contributed by atoms with van der Waals surface area (Å²) in [5, 5.41) is 0. The molecule has 0 spiro atoms. The van der Waals surface area contributed by atoms with E-state index in [2.05, 4.69) is 9.97 Å². The van der Waals surface area contributed by atoms with Crippen LogP contribution in [0.1, 0.15) is 0 Å². The molecule has 0 unspecified atom stereocenters. The predicted molar refractivity (Wildman–Crippen MR) is 54.0 cm³/mol. The molecule has 66 valence electrons. The van der Waals surface area contributed by atoms with Crippen LogP contribution in [0.25, 0.3) is 0 Å². The lowest BCUT2D eigenvalue weighted by Gasteiger charge is -1.49. The van der Waals surface area contributed by atoms with Gasteiger partial charge < -0.3 is 9.97 Å². The van der Waals surface area contributed by atoms with Crippen LogP contribution in [0.3, 0.4) is 0 Å². The van der Waals surface area contributed by atoms with Gasteiger partial charge >= 0.3 is 0 Å². The SMILES string of the molecule is B.F.c1cc[nH]c1.c1cc[nH]c1. The number of halogens is 1. The molecule has 0 aliphatic carbocycles. The Hall–Kier alpha value is -1.45. The van der Waals surface area contributed by atoms with E-state index < -0.39 is 0 Å². The second-order valence-electron chi connectivity index (χ2n) is 1.77. The zero-order valence-electron chi connectivity index (χ0n) is 6.03. The van der Waals surface area contributed by atoms with Gasteiger partial charge in [-0.1, -0.05) is 0 Å². The van der Waals surface area contributed by atoms with Gasteiger partial charge in [0.05, 0.1) is 8.41 Å². The van der Waals surface area contributed by atoms with E-state index in [1.54, 1.807) is 0 Å². The summed E-state index contributed by atoms with van der Waals surface area (Å²) in [6.45, 7) is 0. The van der Waals surface area contributed by atoms with Crippen molar-refractivity contribution in [3.8, 4) is 0 Å². The third kappa shape index (κ3) is 6.67. The van der Waals surface area contributed by atoms with Crippen LogP contribution in [-0.2, 0) is 0 Å². The molecule has 0 aliphatic rings. The highest BCUT2D eigenvalue weighted by atomic mass is 19.0.